The number of methoxy groups -OCH3 is 1. The summed E-state index contributed by atoms with van der Waals surface area (Å²) in [5, 5.41) is 19.6. The third-order valence-electron chi connectivity index (χ3n) is 2.81. The second-order valence-corrected chi connectivity index (χ2v) is 4.14. The lowest BCUT2D eigenvalue weighted by Gasteiger charge is -2.06. The molecule has 0 saturated carbocycles. The van der Waals surface area contributed by atoms with Crippen molar-refractivity contribution in [3.8, 4) is 17.2 Å². The number of benzene rings is 2. The number of phenols is 2. The van der Waals surface area contributed by atoms with Gasteiger partial charge in [0.25, 0.3) is 0 Å². The molecule has 0 aliphatic carbocycles. The molecule has 0 heterocycles. The molecule has 2 N–H and O–H groups in total. The highest BCUT2D eigenvalue weighted by atomic mass is 16.5. The zero-order valence-electron chi connectivity index (χ0n) is 10.9. The average Bonchev–Trinajstić information content (AvgIpc) is 2.46. The molecule has 0 aromatic heterocycles. The highest BCUT2D eigenvalue weighted by molar-refractivity contribution is 6.07. The molecule has 20 heavy (non-hydrogen) atoms. The van der Waals surface area contributed by atoms with Gasteiger partial charge in [0.15, 0.2) is 5.78 Å². The Balaban J connectivity index is 2.26. The van der Waals surface area contributed by atoms with E-state index in [2.05, 4.69) is 0 Å². The van der Waals surface area contributed by atoms with Crippen LogP contribution in [0.25, 0.3) is 6.08 Å². The van der Waals surface area contributed by atoms with Gasteiger partial charge >= 0.3 is 0 Å². The second-order valence-electron chi connectivity index (χ2n) is 4.14. The molecule has 0 saturated heterocycles. The van der Waals surface area contributed by atoms with E-state index in [1.807, 2.05) is 6.07 Å². The first-order valence-corrected chi connectivity index (χ1v) is 5.99. The van der Waals surface area contributed by atoms with Crippen molar-refractivity contribution >= 4 is 11.9 Å². The molecule has 0 amide bonds. The summed E-state index contributed by atoms with van der Waals surface area (Å²) in [5.74, 6) is -0.176. The fourth-order valence-electron chi connectivity index (χ4n) is 1.74. The minimum Gasteiger partial charge on any atom is -0.507 e. The van der Waals surface area contributed by atoms with Crippen LogP contribution in [0.4, 0.5) is 0 Å². The minimum absolute atomic E-state index is 0.154. The first-order valence-electron chi connectivity index (χ1n) is 5.99. The Kier molecular flexibility index (Phi) is 4.05. The Bertz CT molecular complexity index is 622. The van der Waals surface area contributed by atoms with Crippen molar-refractivity contribution in [2.75, 3.05) is 7.11 Å². The van der Waals surface area contributed by atoms with Gasteiger partial charge in [0.1, 0.15) is 17.2 Å². The Morgan fingerprint density at radius 2 is 1.70 bits per heavy atom. The molecule has 0 radical (unpaired) electrons. The summed E-state index contributed by atoms with van der Waals surface area (Å²) in [6, 6.07) is 11.5. The first kappa shape index (κ1) is 13.7. The first-order chi connectivity index (χ1) is 9.61. The molecule has 0 bridgehead atoms. The molecular formula is C16H14O4. The van der Waals surface area contributed by atoms with E-state index in [4.69, 9.17) is 4.74 Å². The number of carbonyl (C=O) groups excluding carboxylic acids is 1. The standard InChI is InChI=1S/C16H14O4/c1-20-12-9-15(18)13(16(19)10-12)7-8-14(17)11-5-3-2-4-6-11/h2-10,18-19H,1H3/b8-7+. The number of ether oxygens (including phenoxy) is 1. The minimum atomic E-state index is -0.208. The third-order valence-corrected chi connectivity index (χ3v) is 2.81. The maximum absolute atomic E-state index is 11.9. The van der Waals surface area contributed by atoms with Gasteiger partial charge in [0.2, 0.25) is 0 Å². The topological polar surface area (TPSA) is 66.8 Å². The van der Waals surface area contributed by atoms with Crippen LogP contribution in [0, 0.1) is 0 Å². The van der Waals surface area contributed by atoms with Crippen molar-refractivity contribution in [3.63, 3.8) is 0 Å². The zero-order valence-corrected chi connectivity index (χ0v) is 10.9. The molecule has 0 aliphatic heterocycles. The van der Waals surface area contributed by atoms with Gasteiger partial charge in [-0.15, -0.1) is 0 Å². The SMILES string of the molecule is COc1cc(O)c(/C=C/C(=O)c2ccccc2)c(O)c1. The molecule has 4 nitrogen and oxygen atoms in total. The fourth-order valence-corrected chi connectivity index (χ4v) is 1.74. The van der Waals surface area contributed by atoms with Crippen LogP contribution >= 0.6 is 0 Å². The van der Waals surface area contributed by atoms with Crippen LogP contribution in [0.5, 0.6) is 17.2 Å². The van der Waals surface area contributed by atoms with Crippen molar-refractivity contribution in [1.82, 2.24) is 0 Å². The lowest BCUT2D eigenvalue weighted by atomic mass is 10.1. The molecule has 2 rings (SSSR count). The maximum Gasteiger partial charge on any atom is 0.185 e. The van der Waals surface area contributed by atoms with Crippen molar-refractivity contribution in [2.24, 2.45) is 0 Å². The van der Waals surface area contributed by atoms with Crippen LogP contribution < -0.4 is 4.74 Å². The average molecular weight is 270 g/mol. The third kappa shape index (κ3) is 2.98. The predicted octanol–water partition coefficient (Wildman–Crippen LogP) is 3.00. The lowest BCUT2D eigenvalue weighted by Crippen LogP contribution is -1.93. The summed E-state index contributed by atoms with van der Waals surface area (Å²) in [7, 11) is 1.43. The number of hydrogen-bond donors (Lipinski definition) is 2. The van der Waals surface area contributed by atoms with Crippen LogP contribution in [0.2, 0.25) is 0 Å². The summed E-state index contributed by atoms with van der Waals surface area (Å²) >= 11 is 0. The summed E-state index contributed by atoms with van der Waals surface area (Å²) in [5.41, 5.74) is 0.714. The number of carbonyl (C=O) groups is 1. The maximum atomic E-state index is 11.9. The van der Waals surface area contributed by atoms with Crippen molar-refractivity contribution < 1.29 is 19.7 Å². The van der Waals surface area contributed by atoms with Gasteiger partial charge < -0.3 is 14.9 Å². The van der Waals surface area contributed by atoms with E-state index in [0.29, 0.717) is 11.3 Å². The van der Waals surface area contributed by atoms with E-state index in [9.17, 15) is 15.0 Å². The largest absolute Gasteiger partial charge is 0.507 e. The molecule has 0 aliphatic rings. The van der Waals surface area contributed by atoms with Crippen LogP contribution in [-0.4, -0.2) is 23.1 Å². The summed E-state index contributed by atoms with van der Waals surface area (Å²) < 4.78 is 4.91. The molecular weight excluding hydrogens is 256 g/mol. The number of phenolic OH excluding ortho intramolecular Hbond substituents is 2. The molecule has 0 atom stereocenters. The predicted molar refractivity (Wildman–Crippen MR) is 76.1 cm³/mol. The van der Waals surface area contributed by atoms with Gasteiger partial charge in [-0.1, -0.05) is 30.3 Å². The van der Waals surface area contributed by atoms with Gasteiger partial charge in [0, 0.05) is 17.7 Å². The smallest absolute Gasteiger partial charge is 0.185 e. The van der Waals surface area contributed by atoms with E-state index in [1.165, 1.54) is 31.4 Å². The fraction of sp³-hybridized carbons (Fsp3) is 0.0625. The van der Waals surface area contributed by atoms with E-state index in [1.54, 1.807) is 24.3 Å². The molecule has 0 unspecified atom stereocenters. The van der Waals surface area contributed by atoms with Crippen LogP contribution in [0.3, 0.4) is 0 Å². The normalized spacial score (nSPS) is 10.7. The lowest BCUT2D eigenvalue weighted by molar-refractivity contribution is 0.104. The van der Waals surface area contributed by atoms with Gasteiger partial charge in [-0.2, -0.15) is 0 Å². The number of rotatable bonds is 4. The second kappa shape index (κ2) is 5.93. The van der Waals surface area contributed by atoms with E-state index >= 15 is 0 Å². The quantitative estimate of drug-likeness (QED) is 0.662. The van der Waals surface area contributed by atoms with E-state index in [-0.39, 0.29) is 22.8 Å². The summed E-state index contributed by atoms with van der Waals surface area (Å²) in [4.78, 5) is 11.9. The van der Waals surface area contributed by atoms with Gasteiger partial charge in [-0.3, -0.25) is 4.79 Å². The van der Waals surface area contributed by atoms with E-state index in [0.717, 1.165) is 0 Å². The molecule has 2 aromatic carbocycles. The zero-order chi connectivity index (χ0) is 14.5. The Hall–Kier alpha value is -2.75. The number of ketones is 1. The van der Waals surface area contributed by atoms with Crippen molar-refractivity contribution in [1.29, 1.82) is 0 Å². The van der Waals surface area contributed by atoms with Crippen molar-refractivity contribution in [3.05, 3.63) is 59.7 Å². The molecule has 2 aromatic rings. The molecule has 0 fully saturated rings. The van der Waals surface area contributed by atoms with Gasteiger partial charge in [-0.05, 0) is 12.2 Å². The Morgan fingerprint density at radius 1 is 1.10 bits per heavy atom. The summed E-state index contributed by atoms with van der Waals surface area (Å²) in [6.07, 6.45) is 2.68. The molecule has 102 valence electrons. The van der Waals surface area contributed by atoms with Crippen LogP contribution in [0.1, 0.15) is 15.9 Å². The van der Waals surface area contributed by atoms with Gasteiger partial charge in [-0.25, -0.2) is 0 Å². The summed E-state index contributed by atoms with van der Waals surface area (Å²) in [6.45, 7) is 0. The number of aromatic hydroxyl groups is 2. The highest BCUT2D eigenvalue weighted by Gasteiger charge is 2.08. The Morgan fingerprint density at radius 3 is 2.25 bits per heavy atom. The molecule has 0 spiro atoms. The number of hydrogen-bond acceptors (Lipinski definition) is 4. The van der Waals surface area contributed by atoms with Crippen LogP contribution in [0.15, 0.2) is 48.5 Å². The van der Waals surface area contributed by atoms with Gasteiger partial charge in [0.05, 0.1) is 12.7 Å². The Labute approximate surface area is 116 Å². The monoisotopic (exact) mass is 270 g/mol. The highest BCUT2D eigenvalue weighted by Crippen LogP contribution is 2.33. The van der Waals surface area contributed by atoms with Crippen LogP contribution in [-0.2, 0) is 0 Å². The van der Waals surface area contributed by atoms with Crippen molar-refractivity contribution in [2.45, 2.75) is 0 Å². The van der Waals surface area contributed by atoms with E-state index < -0.39 is 0 Å². The number of allylic oxidation sites excluding steroid dienone is 1. The molecule has 4 heteroatoms.